The maximum absolute atomic E-state index is 10.9. The summed E-state index contributed by atoms with van der Waals surface area (Å²) < 4.78 is 0. The summed E-state index contributed by atoms with van der Waals surface area (Å²) in [6.45, 7) is 5.40. The van der Waals surface area contributed by atoms with Gasteiger partial charge in [-0.05, 0) is 38.1 Å². The van der Waals surface area contributed by atoms with E-state index < -0.39 is 5.97 Å². The summed E-state index contributed by atoms with van der Waals surface area (Å²) in [7, 11) is 0. The van der Waals surface area contributed by atoms with Crippen LogP contribution in [0.2, 0.25) is 0 Å². The zero-order valence-electron chi connectivity index (χ0n) is 11.4. The Kier molecular flexibility index (Phi) is 5.01. The average molecular weight is 254 g/mol. The number of piperidine rings is 1. The van der Waals surface area contributed by atoms with Crippen LogP contribution in [0, 0.1) is 5.92 Å². The van der Waals surface area contributed by atoms with Crippen LogP contribution in [0.15, 0.2) is 0 Å². The third-order valence-corrected chi connectivity index (χ3v) is 3.95. The number of nitrogens with zero attached hydrogens (tertiary/aromatic N) is 1. The molecular weight excluding hydrogens is 228 g/mol. The highest BCUT2D eigenvalue weighted by Gasteiger charge is 2.32. The van der Waals surface area contributed by atoms with Crippen molar-refractivity contribution in [2.45, 2.75) is 57.5 Å². The molecule has 1 aliphatic heterocycles. The molecule has 4 nitrogen and oxygen atoms in total. The van der Waals surface area contributed by atoms with Crippen LogP contribution in [0.5, 0.6) is 0 Å². The van der Waals surface area contributed by atoms with Crippen molar-refractivity contribution in [2.24, 2.45) is 5.92 Å². The first kappa shape index (κ1) is 13.8. The number of unbranched alkanes of at least 4 members (excludes halogenated alkanes) is 1. The van der Waals surface area contributed by atoms with Crippen LogP contribution < -0.4 is 5.32 Å². The van der Waals surface area contributed by atoms with E-state index in [0.717, 1.165) is 26.1 Å². The van der Waals surface area contributed by atoms with Crippen LogP contribution in [0.1, 0.15) is 45.4 Å². The van der Waals surface area contributed by atoms with Gasteiger partial charge in [-0.3, -0.25) is 4.79 Å². The van der Waals surface area contributed by atoms with E-state index in [1.165, 1.54) is 25.7 Å². The molecule has 2 rings (SSSR count). The molecule has 2 fully saturated rings. The van der Waals surface area contributed by atoms with Crippen LogP contribution in [-0.4, -0.2) is 47.7 Å². The topological polar surface area (TPSA) is 52.6 Å². The number of carbonyl (C=O) groups is 1. The van der Waals surface area contributed by atoms with Crippen molar-refractivity contribution in [1.82, 2.24) is 10.2 Å². The molecule has 2 N–H and O–H groups in total. The number of nitrogens with one attached hydrogen (secondary N) is 1. The summed E-state index contributed by atoms with van der Waals surface area (Å²) in [5.41, 5.74) is 0. The van der Waals surface area contributed by atoms with Crippen LogP contribution in [0.3, 0.4) is 0 Å². The van der Waals surface area contributed by atoms with Gasteiger partial charge in [-0.15, -0.1) is 0 Å². The third-order valence-electron chi connectivity index (χ3n) is 3.95. The fourth-order valence-corrected chi connectivity index (χ4v) is 2.97. The molecule has 2 unspecified atom stereocenters. The molecule has 4 heteroatoms. The summed E-state index contributed by atoms with van der Waals surface area (Å²) in [5.74, 6) is -0.327. The van der Waals surface area contributed by atoms with Crippen molar-refractivity contribution in [3.63, 3.8) is 0 Å². The van der Waals surface area contributed by atoms with E-state index in [1.807, 2.05) is 0 Å². The van der Waals surface area contributed by atoms with Gasteiger partial charge in [0.05, 0.1) is 0 Å². The van der Waals surface area contributed by atoms with Gasteiger partial charge in [0.2, 0.25) is 0 Å². The summed E-state index contributed by atoms with van der Waals surface area (Å²) in [6.07, 6.45) is 6.39. The fourth-order valence-electron chi connectivity index (χ4n) is 2.97. The van der Waals surface area contributed by atoms with E-state index in [-0.39, 0.29) is 0 Å². The Labute approximate surface area is 110 Å². The Bertz CT molecular complexity index is 279. The van der Waals surface area contributed by atoms with Gasteiger partial charge in [-0.2, -0.15) is 0 Å². The highest BCUT2D eigenvalue weighted by molar-refractivity contribution is 5.67. The van der Waals surface area contributed by atoms with Crippen molar-refractivity contribution in [2.75, 3.05) is 19.6 Å². The van der Waals surface area contributed by atoms with Crippen molar-refractivity contribution >= 4 is 5.97 Å². The molecule has 1 saturated heterocycles. The lowest BCUT2D eigenvalue weighted by Gasteiger charge is -2.38. The largest absolute Gasteiger partial charge is 0.481 e. The number of rotatable bonds is 7. The number of carboxylic acids is 1. The maximum atomic E-state index is 10.9. The van der Waals surface area contributed by atoms with Crippen molar-refractivity contribution < 1.29 is 9.90 Å². The van der Waals surface area contributed by atoms with Gasteiger partial charge in [0.1, 0.15) is 0 Å². The minimum absolute atomic E-state index is 0.323. The molecule has 0 spiro atoms. The van der Waals surface area contributed by atoms with Gasteiger partial charge in [-0.1, -0.05) is 13.3 Å². The number of carboxylic acid groups (broad SMARTS) is 1. The first-order valence-electron chi connectivity index (χ1n) is 7.37. The van der Waals surface area contributed by atoms with Gasteiger partial charge >= 0.3 is 5.97 Å². The van der Waals surface area contributed by atoms with E-state index in [1.54, 1.807) is 0 Å². The second kappa shape index (κ2) is 6.53. The Morgan fingerprint density at radius 2 is 2.11 bits per heavy atom. The predicted octanol–water partition coefficient (Wildman–Crippen LogP) is 1.70. The predicted molar refractivity (Wildman–Crippen MR) is 71.7 cm³/mol. The van der Waals surface area contributed by atoms with E-state index in [9.17, 15) is 4.79 Å². The molecule has 0 bridgehead atoms. The molecular formula is C14H26N2O2. The molecule has 1 aliphatic carbocycles. The first-order chi connectivity index (χ1) is 8.67. The van der Waals surface area contributed by atoms with Gasteiger partial charge in [0.15, 0.2) is 0 Å². The second-order valence-corrected chi connectivity index (χ2v) is 5.95. The number of hydrogen-bond acceptors (Lipinski definition) is 3. The summed E-state index contributed by atoms with van der Waals surface area (Å²) in [6, 6.07) is 1.22. The number of aliphatic carboxylic acids is 1. The highest BCUT2D eigenvalue weighted by atomic mass is 16.4. The molecule has 0 aromatic heterocycles. The van der Waals surface area contributed by atoms with Gasteiger partial charge in [0.25, 0.3) is 0 Å². The minimum atomic E-state index is -0.650. The quantitative estimate of drug-likeness (QED) is 0.726. The summed E-state index contributed by atoms with van der Waals surface area (Å²) in [4.78, 5) is 13.3. The van der Waals surface area contributed by atoms with E-state index in [4.69, 9.17) is 5.11 Å². The van der Waals surface area contributed by atoms with Crippen molar-refractivity contribution in [3.8, 4) is 0 Å². The lowest BCUT2D eigenvalue weighted by Crippen LogP contribution is -2.50. The zero-order valence-corrected chi connectivity index (χ0v) is 11.4. The first-order valence-corrected chi connectivity index (χ1v) is 7.37. The monoisotopic (exact) mass is 254 g/mol. The molecule has 18 heavy (non-hydrogen) atoms. The lowest BCUT2D eigenvalue weighted by molar-refractivity contribution is -0.138. The van der Waals surface area contributed by atoms with Gasteiger partial charge < -0.3 is 15.3 Å². The highest BCUT2D eigenvalue weighted by Crippen LogP contribution is 2.25. The average Bonchev–Trinajstić information content (AvgIpc) is 3.09. The zero-order chi connectivity index (χ0) is 13.0. The summed E-state index contributed by atoms with van der Waals surface area (Å²) >= 11 is 0. The second-order valence-electron chi connectivity index (χ2n) is 5.95. The normalized spacial score (nSPS) is 29.4. The minimum Gasteiger partial charge on any atom is -0.481 e. The number of likely N-dealkylation sites (tertiary alicyclic amines) is 1. The van der Waals surface area contributed by atoms with Crippen LogP contribution in [-0.2, 0) is 4.79 Å². The summed E-state index contributed by atoms with van der Waals surface area (Å²) in [5, 5.41) is 12.6. The van der Waals surface area contributed by atoms with Gasteiger partial charge in [-0.25, -0.2) is 0 Å². The third kappa shape index (κ3) is 4.58. The lowest BCUT2D eigenvalue weighted by atomic mass is 9.91. The molecule has 2 aliphatic rings. The Morgan fingerprint density at radius 3 is 2.72 bits per heavy atom. The van der Waals surface area contributed by atoms with Crippen LogP contribution in [0.4, 0.5) is 0 Å². The maximum Gasteiger partial charge on any atom is 0.303 e. The smallest absolute Gasteiger partial charge is 0.303 e. The van der Waals surface area contributed by atoms with E-state index in [2.05, 4.69) is 17.1 Å². The standard InChI is InChI=1S/C14H26N2O2/c1-2-3-6-16-9-11(8-14(17)18)7-13(10-16)15-12-4-5-12/h11-13,15H,2-10H2,1H3,(H,17,18). The Hall–Kier alpha value is -0.610. The van der Waals surface area contributed by atoms with Crippen LogP contribution in [0.25, 0.3) is 0 Å². The molecule has 104 valence electrons. The Morgan fingerprint density at radius 1 is 1.33 bits per heavy atom. The van der Waals surface area contributed by atoms with Crippen LogP contribution >= 0.6 is 0 Å². The molecule has 0 amide bonds. The number of hydrogen-bond donors (Lipinski definition) is 2. The van der Waals surface area contributed by atoms with E-state index in [0.29, 0.717) is 24.4 Å². The molecule has 0 aromatic rings. The van der Waals surface area contributed by atoms with E-state index >= 15 is 0 Å². The molecule has 1 saturated carbocycles. The molecule has 0 aromatic carbocycles. The van der Waals surface area contributed by atoms with Crippen molar-refractivity contribution in [1.29, 1.82) is 0 Å². The van der Waals surface area contributed by atoms with Crippen molar-refractivity contribution in [3.05, 3.63) is 0 Å². The molecule has 0 radical (unpaired) electrons. The SMILES string of the molecule is CCCCN1CC(CC(=O)O)CC(NC2CC2)C1. The fraction of sp³-hybridized carbons (Fsp3) is 0.929. The molecule has 2 atom stereocenters. The molecule has 1 heterocycles. The van der Waals surface area contributed by atoms with Gasteiger partial charge in [0, 0.05) is 31.6 Å². The Balaban J connectivity index is 1.84.